The van der Waals surface area contributed by atoms with Crippen LogP contribution in [0.15, 0.2) is 65.5 Å². The fourth-order valence-electron chi connectivity index (χ4n) is 4.50. The number of aliphatic hydroxyl groups excluding tert-OH is 1. The number of benzene rings is 2. The number of rotatable bonds is 7. The van der Waals surface area contributed by atoms with Gasteiger partial charge in [-0.15, -0.1) is 0 Å². The van der Waals surface area contributed by atoms with Gasteiger partial charge in [-0.3, -0.25) is 4.79 Å². The third kappa shape index (κ3) is 5.73. The summed E-state index contributed by atoms with van der Waals surface area (Å²) >= 11 is 0. The van der Waals surface area contributed by atoms with E-state index in [0.717, 1.165) is 42.1 Å². The number of nitrogens with zero attached hydrogens (tertiary/aromatic N) is 1. The molecule has 33 heavy (non-hydrogen) atoms. The molecule has 1 aromatic heterocycles. The number of methoxy groups -OCH3 is 1. The van der Waals surface area contributed by atoms with Gasteiger partial charge in [-0.25, -0.2) is 4.79 Å². The second-order valence-electron chi connectivity index (χ2n) is 8.59. The summed E-state index contributed by atoms with van der Waals surface area (Å²) in [6, 6.07) is 18.5. The Balaban J connectivity index is 1.31. The molecule has 1 unspecified atom stereocenters. The van der Waals surface area contributed by atoms with Gasteiger partial charge in [0.1, 0.15) is 12.4 Å². The van der Waals surface area contributed by atoms with Crippen LogP contribution >= 0.6 is 0 Å². The summed E-state index contributed by atoms with van der Waals surface area (Å²) in [4.78, 5) is 24.7. The second kappa shape index (κ2) is 10.5. The molecule has 1 aliphatic carbocycles. The van der Waals surface area contributed by atoms with E-state index < -0.39 is 12.2 Å². The molecule has 0 radical (unpaired) electrons. The minimum absolute atomic E-state index is 0.0289. The van der Waals surface area contributed by atoms with Gasteiger partial charge < -0.3 is 24.5 Å². The van der Waals surface area contributed by atoms with Crippen LogP contribution in [0, 0.1) is 5.92 Å². The van der Waals surface area contributed by atoms with E-state index in [-0.39, 0.29) is 30.7 Å². The molecular formula is C26H30N2O5. The van der Waals surface area contributed by atoms with Crippen LogP contribution in [0.1, 0.15) is 31.2 Å². The highest BCUT2D eigenvalue weighted by Crippen LogP contribution is 2.28. The molecule has 2 aromatic carbocycles. The lowest BCUT2D eigenvalue weighted by atomic mass is 9.82. The van der Waals surface area contributed by atoms with Gasteiger partial charge in [-0.05, 0) is 60.7 Å². The number of aliphatic hydroxyl groups is 1. The Kier molecular flexibility index (Phi) is 7.29. The van der Waals surface area contributed by atoms with Crippen LogP contribution in [-0.2, 0) is 17.9 Å². The van der Waals surface area contributed by atoms with Crippen molar-refractivity contribution in [2.75, 3.05) is 7.11 Å². The van der Waals surface area contributed by atoms with Crippen molar-refractivity contribution in [3.8, 4) is 5.75 Å². The molecule has 2 N–H and O–H groups in total. The van der Waals surface area contributed by atoms with Crippen molar-refractivity contribution in [2.24, 2.45) is 5.92 Å². The zero-order chi connectivity index (χ0) is 23.2. The standard InChI is InChI=1S/C26H30N2O5/c1-32-22-13-9-19-10-14-25(30)28(23(19)15-22)16-24(29)20-7-11-21(12-8-20)27-26(31)33-17-18-5-3-2-4-6-18/h2-6,9-10,13-15,20-21,24,29H,7-8,11-12,16-17H2,1H3,(H,27,31)/t20-,21-,24?. The van der Waals surface area contributed by atoms with Crippen molar-refractivity contribution in [3.05, 3.63) is 76.6 Å². The number of amides is 1. The highest BCUT2D eigenvalue weighted by Gasteiger charge is 2.28. The van der Waals surface area contributed by atoms with Gasteiger partial charge >= 0.3 is 6.09 Å². The van der Waals surface area contributed by atoms with E-state index in [1.54, 1.807) is 17.7 Å². The second-order valence-corrected chi connectivity index (χ2v) is 8.59. The fraction of sp³-hybridized carbons (Fsp3) is 0.385. The first-order valence-corrected chi connectivity index (χ1v) is 11.4. The summed E-state index contributed by atoms with van der Waals surface area (Å²) < 4.78 is 12.2. The largest absolute Gasteiger partial charge is 0.497 e. The first kappa shape index (κ1) is 22.9. The smallest absolute Gasteiger partial charge is 0.407 e. The van der Waals surface area contributed by atoms with Gasteiger partial charge in [0.25, 0.3) is 5.56 Å². The summed E-state index contributed by atoms with van der Waals surface area (Å²) in [7, 11) is 1.59. The summed E-state index contributed by atoms with van der Waals surface area (Å²) in [5, 5.41) is 14.8. The quantitative estimate of drug-likeness (QED) is 0.571. The van der Waals surface area contributed by atoms with Crippen LogP contribution < -0.4 is 15.6 Å². The van der Waals surface area contributed by atoms with Crippen molar-refractivity contribution in [1.82, 2.24) is 9.88 Å². The number of hydrogen-bond donors (Lipinski definition) is 2. The number of nitrogens with one attached hydrogen (secondary N) is 1. The molecule has 1 atom stereocenters. The molecule has 1 heterocycles. The van der Waals surface area contributed by atoms with Crippen LogP contribution in [0.4, 0.5) is 4.79 Å². The van der Waals surface area contributed by atoms with Gasteiger partial charge in [-0.2, -0.15) is 0 Å². The molecule has 0 aliphatic heterocycles. The van der Waals surface area contributed by atoms with E-state index in [1.165, 1.54) is 6.07 Å². The average Bonchev–Trinajstić information content (AvgIpc) is 2.85. The van der Waals surface area contributed by atoms with E-state index in [4.69, 9.17) is 9.47 Å². The normalized spacial score (nSPS) is 19.1. The summed E-state index contributed by atoms with van der Waals surface area (Å²) in [5.74, 6) is 0.734. The molecular weight excluding hydrogens is 420 g/mol. The average molecular weight is 451 g/mol. The molecule has 1 amide bonds. The lowest BCUT2D eigenvalue weighted by Gasteiger charge is -2.32. The van der Waals surface area contributed by atoms with Gasteiger partial charge in [0.2, 0.25) is 0 Å². The minimum atomic E-state index is -0.648. The number of ether oxygens (including phenoxy) is 2. The molecule has 7 heteroatoms. The lowest BCUT2D eigenvalue weighted by molar-refractivity contribution is 0.0628. The Morgan fingerprint density at radius 3 is 2.55 bits per heavy atom. The van der Waals surface area contributed by atoms with E-state index in [0.29, 0.717) is 5.75 Å². The Labute approximate surface area is 193 Å². The fourth-order valence-corrected chi connectivity index (χ4v) is 4.50. The van der Waals surface area contributed by atoms with E-state index in [1.807, 2.05) is 48.5 Å². The Bertz CT molecular complexity index is 1140. The number of hydrogen-bond acceptors (Lipinski definition) is 5. The Hall–Kier alpha value is -3.32. The van der Waals surface area contributed by atoms with Crippen LogP contribution in [0.3, 0.4) is 0 Å². The number of carbonyl (C=O) groups is 1. The van der Waals surface area contributed by atoms with Gasteiger partial charge in [-0.1, -0.05) is 30.3 Å². The predicted octanol–water partition coefficient (Wildman–Crippen LogP) is 3.86. The number of carbonyl (C=O) groups excluding carboxylic acids is 1. The maximum absolute atomic E-state index is 12.5. The van der Waals surface area contributed by atoms with Crippen molar-refractivity contribution >= 4 is 17.0 Å². The van der Waals surface area contributed by atoms with E-state index in [2.05, 4.69) is 5.32 Å². The van der Waals surface area contributed by atoms with Gasteiger partial charge in [0, 0.05) is 18.2 Å². The lowest BCUT2D eigenvalue weighted by Crippen LogP contribution is -2.40. The SMILES string of the molecule is COc1ccc2ccc(=O)n(CC(O)[C@H]3CC[C@H](NC(=O)OCc4ccccc4)CC3)c2c1. The third-order valence-corrected chi connectivity index (χ3v) is 6.42. The van der Waals surface area contributed by atoms with Gasteiger partial charge in [0.05, 0.1) is 25.3 Å². The van der Waals surface area contributed by atoms with Crippen molar-refractivity contribution in [1.29, 1.82) is 0 Å². The van der Waals surface area contributed by atoms with Gasteiger partial charge in [0.15, 0.2) is 0 Å². The highest BCUT2D eigenvalue weighted by molar-refractivity contribution is 5.80. The molecule has 1 saturated carbocycles. The minimum Gasteiger partial charge on any atom is -0.497 e. The number of aromatic nitrogens is 1. The molecule has 0 saturated heterocycles. The van der Waals surface area contributed by atoms with Crippen LogP contribution in [0.5, 0.6) is 5.75 Å². The topological polar surface area (TPSA) is 89.8 Å². The predicted molar refractivity (Wildman–Crippen MR) is 126 cm³/mol. The molecule has 174 valence electrons. The third-order valence-electron chi connectivity index (χ3n) is 6.42. The number of fused-ring (bicyclic) bond motifs is 1. The van der Waals surface area contributed by atoms with E-state index >= 15 is 0 Å². The van der Waals surface area contributed by atoms with E-state index in [9.17, 15) is 14.7 Å². The van der Waals surface area contributed by atoms with Crippen molar-refractivity contribution < 1.29 is 19.4 Å². The summed E-state index contributed by atoms with van der Waals surface area (Å²) in [6.45, 7) is 0.469. The number of pyridine rings is 1. The van der Waals surface area contributed by atoms with Crippen molar-refractivity contribution in [3.63, 3.8) is 0 Å². The van der Waals surface area contributed by atoms with Crippen molar-refractivity contribution in [2.45, 2.75) is 51.0 Å². The first-order chi connectivity index (χ1) is 16.0. The molecule has 3 aromatic rings. The molecule has 1 fully saturated rings. The van der Waals surface area contributed by atoms with Crippen LogP contribution in [-0.4, -0.2) is 35.0 Å². The Morgan fingerprint density at radius 1 is 1.09 bits per heavy atom. The van der Waals surface area contributed by atoms with Crippen LogP contribution in [0.2, 0.25) is 0 Å². The Morgan fingerprint density at radius 2 is 1.82 bits per heavy atom. The summed E-state index contributed by atoms with van der Waals surface area (Å²) in [5.41, 5.74) is 1.55. The maximum Gasteiger partial charge on any atom is 0.407 e. The zero-order valence-electron chi connectivity index (χ0n) is 18.8. The molecule has 0 spiro atoms. The molecule has 7 nitrogen and oxygen atoms in total. The number of alkyl carbamates (subject to hydrolysis) is 1. The summed E-state index contributed by atoms with van der Waals surface area (Å²) in [6.07, 6.45) is 2.01. The molecule has 4 rings (SSSR count). The van der Waals surface area contributed by atoms with Crippen LogP contribution in [0.25, 0.3) is 10.9 Å². The maximum atomic E-state index is 12.5. The zero-order valence-corrected chi connectivity index (χ0v) is 18.8. The monoisotopic (exact) mass is 450 g/mol. The molecule has 1 aliphatic rings. The first-order valence-electron chi connectivity index (χ1n) is 11.4. The highest BCUT2D eigenvalue weighted by atomic mass is 16.5. The molecule has 0 bridgehead atoms.